The summed E-state index contributed by atoms with van der Waals surface area (Å²) in [5.74, 6) is 0.618. The summed E-state index contributed by atoms with van der Waals surface area (Å²) in [5, 5.41) is 0. The third-order valence-corrected chi connectivity index (χ3v) is 5.20. The summed E-state index contributed by atoms with van der Waals surface area (Å²) in [6.07, 6.45) is 9.85. The predicted octanol–water partition coefficient (Wildman–Crippen LogP) is 2.53. The summed E-state index contributed by atoms with van der Waals surface area (Å²) in [4.78, 5) is 24.9. The van der Waals surface area contributed by atoms with Crippen LogP contribution in [0, 0.1) is 11.3 Å². The molecular formula is C14H15BrN4O. The Morgan fingerprint density at radius 3 is 2.85 bits per heavy atom. The molecule has 0 aromatic carbocycles. The molecule has 104 valence electrons. The first-order valence-electron chi connectivity index (χ1n) is 7.03. The standard InChI is InChI=1S/C14H15BrN4O/c15-10-6-16-12-11(18-10)13(20)19(8-17-12)7-9-4-14(5-9)2-1-3-14/h6,8-9H,1-5,7H2. The van der Waals surface area contributed by atoms with Gasteiger partial charge < -0.3 is 0 Å². The second-order valence-corrected chi connectivity index (χ2v) is 7.01. The molecule has 6 heteroatoms. The van der Waals surface area contributed by atoms with Crippen molar-refractivity contribution in [2.24, 2.45) is 11.3 Å². The van der Waals surface area contributed by atoms with E-state index in [4.69, 9.17) is 0 Å². The fourth-order valence-electron chi connectivity index (χ4n) is 3.70. The average molecular weight is 335 g/mol. The minimum atomic E-state index is -0.0849. The molecule has 0 aliphatic heterocycles. The lowest BCUT2D eigenvalue weighted by Gasteiger charge is -2.54. The van der Waals surface area contributed by atoms with Gasteiger partial charge in [0, 0.05) is 6.54 Å². The molecule has 2 aliphatic carbocycles. The maximum absolute atomic E-state index is 12.4. The van der Waals surface area contributed by atoms with Gasteiger partial charge in [0.15, 0.2) is 11.2 Å². The Hall–Kier alpha value is -1.30. The Labute approximate surface area is 124 Å². The fourth-order valence-corrected chi connectivity index (χ4v) is 3.98. The van der Waals surface area contributed by atoms with Crippen molar-refractivity contribution >= 4 is 27.1 Å². The molecule has 2 fully saturated rings. The number of rotatable bonds is 2. The minimum absolute atomic E-state index is 0.0849. The molecule has 2 aromatic heterocycles. The van der Waals surface area contributed by atoms with E-state index in [1.165, 1.54) is 32.1 Å². The van der Waals surface area contributed by atoms with Crippen LogP contribution >= 0.6 is 15.9 Å². The maximum atomic E-state index is 12.4. The predicted molar refractivity (Wildman–Crippen MR) is 78.3 cm³/mol. The van der Waals surface area contributed by atoms with Gasteiger partial charge in [0.05, 0.1) is 6.20 Å². The zero-order chi connectivity index (χ0) is 13.7. The first-order valence-corrected chi connectivity index (χ1v) is 7.82. The highest BCUT2D eigenvalue weighted by atomic mass is 79.9. The zero-order valence-corrected chi connectivity index (χ0v) is 12.6. The van der Waals surface area contributed by atoms with Crippen LogP contribution in [0.3, 0.4) is 0 Å². The van der Waals surface area contributed by atoms with E-state index in [9.17, 15) is 4.79 Å². The summed E-state index contributed by atoms with van der Waals surface area (Å²) in [6, 6.07) is 0. The quantitative estimate of drug-likeness (QED) is 0.846. The van der Waals surface area contributed by atoms with Crippen molar-refractivity contribution in [3.8, 4) is 0 Å². The normalized spacial score (nSPS) is 20.9. The lowest BCUT2D eigenvalue weighted by molar-refractivity contribution is -0.0315. The molecule has 0 saturated heterocycles. The minimum Gasteiger partial charge on any atom is -0.297 e. The molecule has 4 rings (SSSR count). The van der Waals surface area contributed by atoms with E-state index < -0.39 is 0 Å². The fraction of sp³-hybridized carbons (Fsp3) is 0.571. The van der Waals surface area contributed by atoms with Gasteiger partial charge in [0.2, 0.25) is 0 Å². The third-order valence-electron chi connectivity index (χ3n) is 4.82. The zero-order valence-electron chi connectivity index (χ0n) is 11.0. The molecule has 2 heterocycles. The number of fused-ring (bicyclic) bond motifs is 1. The average Bonchev–Trinajstić information content (AvgIpc) is 2.34. The largest absolute Gasteiger partial charge is 0.297 e. The van der Waals surface area contributed by atoms with Crippen molar-refractivity contribution in [2.75, 3.05) is 0 Å². The molecule has 2 aromatic rings. The highest BCUT2D eigenvalue weighted by Crippen LogP contribution is 2.58. The lowest BCUT2D eigenvalue weighted by atomic mass is 9.52. The number of hydrogen-bond acceptors (Lipinski definition) is 4. The van der Waals surface area contributed by atoms with Crippen LogP contribution in [0.2, 0.25) is 0 Å². The van der Waals surface area contributed by atoms with E-state index >= 15 is 0 Å². The second-order valence-electron chi connectivity index (χ2n) is 6.19. The van der Waals surface area contributed by atoms with Crippen molar-refractivity contribution in [3.63, 3.8) is 0 Å². The van der Waals surface area contributed by atoms with Gasteiger partial charge in [-0.3, -0.25) is 9.36 Å². The van der Waals surface area contributed by atoms with Gasteiger partial charge in [-0.2, -0.15) is 0 Å². The topological polar surface area (TPSA) is 60.7 Å². The van der Waals surface area contributed by atoms with Crippen molar-refractivity contribution in [2.45, 2.75) is 38.6 Å². The van der Waals surface area contributed by atoms with Gasteiger partial charge in [-0.25, -0.2) is 15.0 Å². The van der Waals surface area contributed by atoms with Crippen LogP contribution in [-0.4, -0.2) is 19.5 Å². The smallest absolute Gasteiger partial charge is 0.281 e. The van der Waals surface area contributed by atoms with Crippen molar-refractivity contribution in [3.05, 3.63) is 27.5 Å². The second kappa shape index (κ2) is 4.35. The maximum Gasteiger partial charge on any atom is 0.281 e. The van der Waals surface area contributed by atoms with E-state index in [-0.39, 0.29) is 5.56 Å². The van der Waals surface area contributed by atoms with Gasteiger partial charge in [-0.05, 0) is 52.9 Å². The molecule has 0 N–H and O–H groups in total. The molecule has 20 heavy (non-hydrogen) atoms. The molecule has 5 nitrogen and oxygen atoms in total. The summed E-state index contributed by atoms with van der Waals surface area (Å²) < 4.78 is 2.26. The van der Waals surface area contributed by atoms with E-state index in [0.29, 0.717) is 27.1 Å². The number of hydrogen-bond donors (Lipinski definition) is 0. The summed E-state index contributed by atoms with van der Waals surface area (Å²) in [6.45, 7) is 0.762. The van der Waals surface area contributed by atoms with E-state index in [1.807, 2.05) is 0 Å². The van der Waals surface area contributed by atoms with Crippen LogP contribution in [0.1, 0.15) is 32.1 Å². The summed E-state index contributed by atoms with van der Waals surface area (Å²) in [7, 11) is 0. The van der Waals surface area contributed by atoms with Crippen LogP contribution in [0.5, 0.6) is 0 Å². The Morgan fingerprint density at radius 2 is 2.15 bits per heavy atom. The molecule has 2 aliphatic rings. The van der Waals surface area contributed by atoms with Gasteiger partial charge in [-0.15, -0.1) is 0 Å². The third kappa shape index (κ3) is 1.89. The Morgan fingerprint density at radius 1 is 1.35 bits per heavy atom. The van der Waals surface area contributed by atoms with Crippen LogP contribution < -0.4 is 5.56 Å². The molecule has 0 bridgehead atoms. The summed E-state index contributed by atoms with van der Waals surface area (Å²) in [5.41, 5.74) is 1.32. The Kier molecular flexibility index (Phi) is 2.70. The summed E-state index contributed by atoms with van der Waals surface area (Å²) >= 11 is 3.25. The molecule has 0 unspecified atom stereocenters. The van der Waals surface area contributed by atoms with Crippen molar-refractivity contribution in [1.82, 2.24) is 19.5 Å². The molecule has 0 radical (unpaired) electrons. The van der Waals surface area contributed by atoms with E-state index in [1.54, 1.807) is 17.1 Å². The van der Waals surface area contributed by atoms with Gasteiger partial charge in [-0.1, -0.05) is 6.42 Å². The van der Waals surface area contributed by atoms with Gasteiger partial charge >= 0.3 is 0 Å². The number of halogens is 1. The molecular weight excluding hydrogens is 320 g/mol. The first-order chi connectivity index (χ1) is 9.65. The monoisotopic (exact) mass is 334 g/mol. The highest BCUT2D eigenvalue weighted by Gasteiger charge is 2.47. The molecule has 0 amide bonds. The number of nitrogens with zero attached hydrogens (tertiary/aromatic N) is 4. The van der Waals surface area contributed by atoms with Crippen molar-refractivity contribution in [1.29, 1.82) is 0 Å². The first kappa shape index (κ1) is 12.4. The number of aromatic nitrogens is 4. The Bertz CT molecular complexity index is 730. The van der Waals surface area contributed by atoms with Crippen LogP contribution in [0.25, 0.3) is 11.2 Å². The van der Waals surface area contributed by atoms with Crippen molar-refractivity contribution < 1.29 is 0 Å². The van der Waals surface area contributed by atoms with Crippen LogP contribution in [0.15, 0.2) is 21.9 Å². The SMILES string of the molecule is O=c1c2nc(Br)cnc2ncn1CC1CC2(CCC2)C1. The van der Waals surface area contributed by atoms with Gasteiger partial charge in [0.25, 0.3) is 5.56 Å². The van der Waals surface area contributed by atoms with Crippen LogP contribution in [0.4, 0.5) is 0 Å². The molecule has 2 saturated carbocycles. The molecule has 1 spiro atoms. The molecule has 0 atom stereocenters. The van der Waals surface area contributed by atoms with E-state index in [2.05, 4.69) is 30.9 Å². The Balaban J connectivity index is 1.60. The lowest BCUT2D eigenvalue weighted by Crippen LogP contribution is -2.45. The van der Waals surface area contributed by atoms with Gasteiger partial charge in [0.1, 0.15) is 10.9 Å². The van der Waals surface area contributed by atoms with E-state index in [0.717, 1.165) is 6.54 Å². The van der Waals surface area contributed by atoms with Crippen LogP contribution in [-0.2, 0) is 6.54 Å². The highest BCUT2D eigenvalue weighted by molar-refractivity contribution is 9.10.